The van der Waals surface area contributed by atoms with Crippen LogP contribution in [0.1, 0.15) is 66.5 Å². The number of methoxy groups -OCH3 is 1. The van der Waals surface area contributed by atoms with Crippen LogP contribution in [-0.2, 0) is 29.3 Å². The Morgan fingerprint density at radius 1 is 0.800 bits per heavy atom. The average molecular weight is 559 g/mol. The van der Waals surface area contributed by atoms with E-state index in [-0.39, 0.29) is 24.4 Å². The third-order valence-electron chi connectivity index (χ3n) is 7.44. The highest BCUT2D eigenvalue weighted by atomic mass is 31.1. The van der Waals surface area contributed by atoms with Crippen LogP contribution in [0.2, 0.25) is 0 Å². The standard InChI is InChI=1S/C35H40FO3P/c1-4-18-35(5-2,40-33-17-16-31(36)23-30(33)24-37)32-22-28(19-26-12-8-6-9-13-26)21-29(34(32)39-25-38-3)20-27-14-10-7-11-15-27/h6-17,21-23,37,40H,4-5,18-20,24-25H2,1-3H3. The second kappa shape index (κ2) is 14.6. The maximum absolute atomic E-state index is 14.1. The highest BCUT2D eigenvalue weighted by molar-refractivity contribution is 7.48. The first kappa shape index (κ1) is 29.9. The van der Waals surface area contributed by atoms with Gasteiger partial charge in [-0.15, -0.1) is 0 Å². The van der Waals surface area contributed by atoms with Gasteiger partial charge in [0, 0.05) is 24.3 Å². The zero-order valence-electron chi connectivity index (χ0n) is 23.8. The minimum absolute atomic E-state index is 0.153. The molecule has 0 aliphatic heterocycles. The highest BCUT2D eigenvalue weighted by Gasteiger charge is 2.35. The van der Waals surface area contributed by atoms with Crippen LogP contribution in [0.4, 0.5) is 4.39 Å². The van der Waals surface area contributed by atoms with Gasteiger partial charge in [0.15, 0.2) is 6.79 Å². The van der Waals surface area contributed by atoms with E-state index in [1.54, 1.807) is 7.11 Å². The van der Waals surface area contributed by atoms with E-state index in [2.05, 4.69) is 74.5 Å². The van der Waals surface area contributed by atoms with E-state index in [1.807, 2.05) is 18.2 Å². The van der Waals surface area contributed by atoms with Gasteiger partial charge in [0.1, 0.15) is 11.6 Å². The number of hydrogen-bond donors (Lipinski definition) is 1. The van der Waals surface area contributed by atoms with Crippen LogP contribution in [0.25, 0.3) is 0 Å². The lowest BCUT2D eigenvalue weighted by Crippen LogP contribution is -2.26. The molecule has 0 aromatic heterocycles. The van der Waals surface area contributed by atoms with Crippen LogP contribution in [0, 0.1) is 5.82 Å². The van der Waals surface area contributed by atoms with Crippen LogP contribution in [0.15, 0.2) is 91.0 Å². The lowest BCUT2D eigenvalue weighted by Gasteiger charge is -2.37. The molecule has 4 rings (SSSR count). The van der Waals surface area contributed by atoms with Crippen molar-refractivity contribution in [3.8, 4) is 5.75 Å². The molecule has 0 aliphatic carbocycles. The molecule has 0 saturated heterocycles. The summed E-state index contributed by atoms with van der Waals surface area (Å²) in [5.74, 6) is 0.548. The zero-order valence-corrected chi connectivity index (χ0v) is 24.8. The third-order valence-corrected chi connectivity index (χ3v) is 9.55. The van der Waals surface area contributed by atoms with Crippen molar-refractivity contribution in [2.45, 2.75) is 57.7 Å². The normalized spacial score (nSPS) is 13.0. The van der Waals surface area contributed by atoms with E-state index in [4.69, 9.17) is 9.47 Å². The fraction of sp³-hybridized carbons (Fsp3) is 0.314. The van der Waals surface area contributed by atoms with Gasteiger partial charge < -0.3 is 14.6 Å². The average Bonchev–Trinajstić information content (AvgIpc) is 2.98. The van der Waals surface area contributed by atoms with Gasteiger partial charge in [0.25, 0.3) is 0 Å². The van der Waals surface area contributed by atoms with E-state index >= 15 is 0 Å². The summed E-state index contributed by atoms with van der Waals surface area (Å²) in [6, 6.07) is 30.4. The minimum atomic E-state index is -0.325. The Bertz CT molecular complexity index is 1360. The summed E-state index contributed by atoms with van der Waals surface area (Å²) < 4.78 is 25.9. The molecule has 0 fully saturated rings. The summed E-state index contributed by atoms with van der Waals surface area (Å²) in [6.07, 6.45) is 4.35. The maximum Gasteiger partial charge on any atom is 0.188 e. The summed E-state index contributed by atoms with van der Waals surface area (Å²) in [6.45, 7) is 4.40. The van der Waals surface area contributed by atoms with Crippen molar-refractivity contribution in [1.29, 1.82) is 0 Å². The highest BCUT2D eigenvalue weighted by Crippen LogP contribution is 2.52. The van der Waals surface area contributed by atoms with E-state index in [9.17, 15) is 9.50 Å². The number of hydrogen-bond acceptors (Lipinski definition) is 3. The molecule has 3 nitrogen and oxygen atoms in total. The zero-order chi connectivity index (χ0) is 28.4. The predicted octanol–water partition coefficient (Wildman–Crippen LogP) is 7.89. The summed E-state index contributed by atoms with van der Waals surface area (Å²) in [5.41, 5.74) is 6.65. The number of halogens is 1. The number of ether oxygens (including phenoxy) is 2. The first-order valence-electron chi connectivity index (χ1n) is 14.0. The largest absolute Gasteiger partial charge is 0.467 e. The second-order valence-corrected chi connectivity index (χ2v) is 12.0. The van der Waals surface area contributed by atoms with Crippen molar-refractivity contribution in [2.75, 3.05) is 13.9 Å². The Morgan fingerprint density at radius 3 is 2.08 bits per heavy atom. The van der Waals surface area contributed by atoms with Gasteiger partial charge in [-0.1, -0.05) is 108 Å². The van der Waals surface area contributed by atoms with Crippen LogP contribution in [-0.4, -0.2) is 19.0 Å². The van der Waals surface area contributed by atoms with Gasteiger partial charge in [0.2, 0.25) is 0 Å². The van der Waals surface area contributed by atoms with Crippen LogP contribution >= 0.6 is 8.58 Å². The predicted molar refractivity (Wildman–Crippen MR) is 165 cm³/mol. The third kappa shape index (κ3) is 7.37. The molecule has 0 amide bonds. The molecule has 0 saturated carbocycles. The number of rotatable bonds is 14. The number of aliphatic hydroxyl groups excluding tert-OH is 1. The summed E-state index contributed by atoms with van der Waals surface area (Å²) in [7, 11) is 1.98. The summed E-state index contributed by atoms with van der Waals surface area (Å²) >= 11 is 0. The topological polar surface area (TPSA) is 38.7 Å². The summed E-state index contributed by atoms with van der Waals surface area (Å²) in [5, 5.41) is 10.8. The Hall–Kier alpha value is -3.04. The van der Waals surface area contributed by atoms with Crippen molar-refractivity contribution < 1.29 is 19.0 Å². The maximum atomic E-state index is 14.1. The van der Waals surface area contributed by atoms with Crippen molar-refractivity contribution in [1.82, 2.24) is 0 Å². The molecular formula is C35H40FO3P. The molecule has 5 heteroatoms. The van der Waals surface area contributed by atoms with E-state index < -0.39 is 0 Å². The minimum Gasteiger partial charge on any atom is -0.467 e. The molecule has 0 radical (unpaired) electrons. The monoisotopic (exact) mass is 558 g/mol. The van der Waals surface area contributed by atoms with E-state index in [1.165, 1.54) is 34.4 Å². The smallest absolute Gasteiger partial charge is 0.188 e. The van der Waals surface area contributed by atoms with Gasteiger partial charge in [0.05, 0.1) is 6.61 Å². The van der Waals surface area contributed by atoms with Gasteiger partial charge in [-0.25, -0.2) is 4.39 Å². The van der Waals surface area contributed by atoms with Gasteiger partial charge >= 0.3 is 0 Å². The van der Waals surface area contributed by atoms with Crippen LogP contribution < -0.4 is 10.0 Å². The van der Waals surface area contributed by atoms with Crippen molar-refractivity contribution in [3.05, 3.63) is 130 Å². The van der Waals surface area contributed by atoms with Crippen molar-refractivity contribution in [3.63, 3.8) is 0 Å². The molecule has 2 unspecified atom stereocenters. The summed E-state index contributed by atoms with van der Waals surface area (Å²) in [4.78, 5) is 0. The number of benzene rings is 4. The lowest BCUT2D eigenvalue weighted by molar-refractivity contribution is 0.0492. The molecule has 2 atom stereocenters. The fourth-order valence-electron chi connectivity index (χ4n) is 5.50. The second-order valence-electron chi connectivity index (χ2n) is 10.3. The molecule has 0 aliphatic rings. The fourth-order valence-corrected chi connectivity index (χ4v) is 7.37. The van der Waals surface area contributed by atoms with Crippen molar-refractivity contribution >= 4 is 13.9 Å². The Labute approximate surface area is 240 Å². The first-order valence-corrected chi connectivity index (χ1v) is 15.0. The Kier molecular flexibility index (Phi) is 10.9. The molecule has 4 aromatic rings. The molecule has 0 heterocycles. The molecular weight excluding hydrogens is 518 g/mol. The molecule has 1 N–H and O–H groups in total. The van der Waals surface area contributed by atoms with Gasteiger partial charge in [-0.05, 0) is 64.5 Å². The first-order chi connectivity index (χ1) is 19.5. The molecule has 4 aromatic carbocycles. The molecule has 40 heavy (non-hydrogen) atoms. The SMILES string of the molecule is CCCC(CC)(Pc1ccc(F)cc1CO)c1cc(Cc2ccccc2)cc(Cc2ccccc2)c1OCOC. The Balaban J connectivity index is 1.93. The molecule has 0 spiro atoms. The van der Waals surface area contributed by atoms with Gasteiger partial charge in [-0.2, -0.15) is 0 Å². The lowest BCUT2D eigenvalue weighted by atomic mass is 9.85. The Morgan fingerprint density at radius 2 is 1.48 bits per heavy atom. The molecule has 0 bridgehead atoms. The quantitative estimate of drug-likeness (QED) is 0.126. The van der Waals surface area contributed by atoms with Crippen LogP contribution in [0.3, 0.4) is 0 Å². The van der Waals surface area contributed by atoms with Gasteiger partial charge in [-0.3, -0.25) is 0 Å². The number of aliphatic hydroxyl groups is 1. The molecule has 210 valence electrons. The van der Waals surface area contributed by atoms with E-state index in [0.717, 1.165) is 48.7 Å². The van der Waals surface area contributed by atoms with E-state index in [0.29, 0.717) is 14.1 Å². The van der Waals surface area contributed by atoms with Crippen LogP contribution in [0.5, 0.6) is 5.75 Å². The van der Waals surface area contributed by atoms with Crippen molar-refractivity contribution in [2.24, 2.45) is 0 Å².